The second-order valence-electron chi connectivity index (χ2n) is 2.88. The van der Waals surface area contributed by atoms with E-state index in [1.54, 1.807) is 0 Å². The van der Waals surface area contributed by atoms with Crippen LogP contribution in [0.15, 0.2) is 24.3 Å². The Hall–Kier alpha value is -0.600. The van der Waals surface area contributed by atoms with E-state index < -0.39 is 0 Å². The van der Waals surface area contributed by atoms with Gasteiger partial charge in [-0.25, -0.2) is 0 Å². The summed E-state index contributed by atoms with van der Waals surface area (Å²) in [4.78, 5) is 0. The highest BCUT2D eigenvalue weighted by Gasteiger charge is 1.77. The maximum Gasteiger partial charge on any atom is 0.0428 e. The summed E-state index contributed by atoms with van der Waals surface area (Å²) in [5.74, 6) is 0. The molecule has 0 radical (unpaired) electrons. The van der Waals surface area contributed by atoms with Crippen LogP contribution in [0.1, 0.15) is 39.5 Å². The Morgan fingerprint density at radius 3 is 1.21 bits per heavy atom. The first-order chi connectivity index (χ1) is 6.83. The maximum absolute atomic E-state index is 7.88. The van der Waals surface area contributed by atoms with Crippen LogP contribution >= 0.6 is 0 Å². The van der Waals surface area contributed by atoms with E-state index in [2.05, 4.69) is 24.3 Å². The third-order valence-corrected chi connectivity index (χ3v) is 1.33. The number of rotatable bonds is 2. The monoisotopic (exact) mass is 200 g/mol. The van der Waals surface area contributed by atoms with Gasteiger partial charge in [0.15, 0.2) is 0 Å². The Morgan fingerprint density at radius 1 is 0.857 bits per heavy atom. The molecule has 0 atom stereocenters. The van der Waals surface area contributed by atoms with Gasteiger partial charge in [-0.2, -0.15) is 0 Å². The minimum Gasteiger partial charge on any atom is -0.396 e. The molecule has 0 amide bonds. The highest BCUT2D eigenvalue weighted by Crippen LogP contribution is 1.98. The van der Waals surface area contributed by atoms with Crippen molar-refractivity contribution in [2.45, 2.75) is 39.5 Å². The summed E-state index contributed by atoms with van der Waals surface area (Å²) >= 11 is 0. The van der Waals surface area contributed by atoms with Crippen molar-refractivity contribution < 1.29 is 10.2 Å². The van der Waals surface area contributed by atoms with Crippen LogP contribution in [-0.4, -0.2) is 23.4 Å². The lowest BCUT2D eigenvalue weighted by Gasteiger charge is -1.88. The second kappa shape index (κ2) is 18.2. The van der Waals surface area contributed by atoms with Gasteiger partial charge < -0.3 is 10.2 Å². The zero-order valence-corrected chi connectivity index (χ0v) is 9.45. The first-order valence-electron chi connectivity index (χ1n) is 5.36. The van der Waals surface area contributed by atoms with Crippen molar-refractivity contribution >= 4 is 0 Å². The summed E-state index contributed by atoms with van der Waals surface area (Å²) in [6.07, 6.45) is 12.8. The van der Waals surface area contributed by atoms with Crippen LogP contribution in [0.5, 0.6) is 0 Å². The van der Waals surface area contributed by atoms with Gasteiger partial charge in [0.25, 0.3) is 0 Å². The van der Waals surface area contributed by atoms with Crippen LogP contribution in [0.25, 0.3) is 0 Å². The molecule has 0 aromatic heterocycles. The molecule has 2 N–H and O–H groups in total. The predicted octanol–water partition coefficient (Wildman–Crippen LogP) is 2.67. The summed E-state index contributed by atoms with van der Waals surface area (Å²) < 4.78 is 0. The molecule has 14 heavy (non-hydrogen) atoms. The Morgan fingerprint density at radius 2 is 1.14 bits per heavy atom. The normalized spacial score (nSPS) is 12.3. The third-order valence-electron chi connectivity index (χ3n) is 1.33. The fourth-order valence-electron chi connectivity index (χ4n) is 0.542. The molecule has 0 aliphatic heterocycles. The molecule has 2 nitrogen and oxygen atoms in total. The molecule has 0 saturated carbocycles. The van der Waals surface area contributed by atoms with Crippen LogP contribution < -0.4 is 0 Å². The van der Waals surface area contributed by atoms with E-state index in [1.807, 2.05) is 13.8 Å². The SMILES string of the molecule is C1=CCCC=C1.CCCO.CCCO. The van der Waals surface area contributed by atoms with E-state index in [0.29, 0.717) is 13.2 Å². The van der Waals surface area contributed by atoms with Gasteiger partial charge in [0.05, 0.1) is 0 Å². The van der Waals surface area contributed by atoms with Gasteiger partial charge in [0, 0.05) is 13.2 Å². The smallest absolute Gasteiger partial charge is 0.0428 e. The fraction of sp³-hybridized carbons (Fsp3) is 0.667. The molecule has 1 aliphatic carbocycles. The molecule has 84 valence electrons. The minimum absolute atomic E-state index is 0.319. The van der Waals surface area contributed by atoms with Crippen LogP contribution in [0.3, 0.4) is 0 Å². The molecule has 1 aliphatic rings. The molecule has 2 heteroatoms. The topological polar surface area (TPSA) is 40.5 Å². The molecule has 0 fully saturated rings. The lowest BCUT2D eigenvalue weighted by atomic mass is 10.2. The summed E-state index contributed by atoms with van der Waals surface area (Å²) in [7, 11) is 0. The van der Waals surface area contributed by atoms with Crippen molar-refractivity contribution in [2.24, 2.45) is 0 Å². The van der Waals surface area contributed by atoms with Gasteiger partial charge in [-0.1, -0.05) is 38.2 Å². The molecular weight excluding hydrogens is 176 g/mol. The largest absolute Gasteiger partial charge is 0.396 e. The zero-order valence-electron chi connectivity index (χ0n) is 9.45. The summed E-state index contributed by atoms with van der Waals surface area (Å²) in [6, 6.07) is 0. The molecule has 0 saturated heterocycles. The molecule has 0 heterocycles. The fourth-order valence-corrected chi connectivity index (χ4v) is 0.542. The van der Waals surface area contributed by atoms with Crippen molar-refractivity contribution in [1.29, 1.82) is 0 Å². The van der Waals surface area contributed by atoms with E-state index in [-0.39, 0.29) is 0 Å². The summed E-state index contributed by atoms with van der Waals surface area (Å²) in [5, 5.41) is 15.8. The predicted molar refractivity (Wildman–Crippen MR) is 62.3 cm³/mol. The lowest BCUT2D eigenvalue weighted by Crippen LogP contribution is -1.69. The lowest BCUT2D eigenvalue weighted by molar-refractivity contribution is 0.294. The molecule has 0 bridgehead atoms. The maximum atomic E-state index is 7.88. The van der Waals surface area contributed by atoms with E-state index in [0.717, 1.165) is 12.8 Å². The minimum atomic E-state index is 0.319. The van der Waals surface area contributed by atoms with Crippen LogP contribution in [-0.2, 0) is 0 Å². The molecular formula is C12H24O2. The zero-order chi connectivity index (χ0) is 11.1. The van der Waals surface area contributed by atoms with Gasteiger partial charge >= 0.3 is 0 Å². The van der Waals surface area contributed by atoms with Crippen LogP contribution in [0.2, 0.25) is 0 Å². The second-order valence-corrected chi connectivity index (χ2v) is 2.88. The Labute approximate surface area is 88.0 Å². The Bertz CT molecular complexity index is 108. The molecule has 0 spiro atoms. The van der Waals surface area contributed by atoms with E-state index in [1.165, 1.54) is 12.8 Å². The average Bonchev–Trinajstić information content (AvgIpc) is 2.32. The van der Waals surface area contributed by atoms with Crippen molar-refractivity contribution in [1.82, 2.24) is 0 Å². The molecule has 0 aromatic rings. The number of hydrogen-bond acceptors (Lipinski definition) is 2. The average molecular weight is 200 g/mol. The Kier molecular flexibility index (Phi) is 20.7. The summed E-state index contributed by atoms with van der Waals surface area (Å²) in [5.41, 5.74) is 0. The van der Waals surface area contributed by atoms with E-state index in [4.69, 9.17) is 10.2 Å². The van der Waals surface area contributed by atoms with Gasteiger partial charge in [-0.05, 0) is 25.7 Å². The van der Waals surface area contributed by atoms with Crippen molar-refractivity contribution in [3.8, 4) is 0 Å². The van der Waals surface area contributed by atoms with E-state index >= 15 is 0 Å². The third kappa shape index (κ3) is 22.5. The van der Waals surface area contributed by atoms with Crippen molar-refractivity contribution in [2.75, 3.05) is 13.2 Å². The molecule has 0 unspecified atom stereocenters. The highest BCUT2D eigenvalue weighted by atomic mass is 16.3. The first kappa shape index (κ1) is 15.9. The van der Waals surface area contributed by atoms with Crippen LogP contribution in [0.4, 0.5) is 0 Å². The first-order valence-corrected chi connectivity index (χ1v) is 5.36. The number of hydrogen-bond donors (Lipinski definition) is 2. The number of aliphatic hydroxyl groups excluding tert-OH is 2. The van der Waals surface area contributed by atoms with Crippen LogP contribution in [0, 0.1) is 0 Å². The Balaban J connectivity index is 0. The quantitative estimate of drug-likeness (QED) is 0.719. The van der Waals surface area contributed by atoms with Gasteiger partial charge in [0.1, 0.15) is 0 Å². The number of allylic oxidation sites excluding steroid dienone is 4. The molecule has 1 rings (SSSR count). The van der Waals surface area contributed by atoms with Crippen molar-refractivity contribution in [3.63, 3.8) is 0 Å². The summed E-state index contributed by atoms with van der Waals surface area (Å²) in [6.45, 7) is 4.50. The van der Waals surface area contributed by atoms with Gasteiger partial charge in [0.2, 0.25) is 0 Å². The van der Waals surface area contributed by atoms with Crippen molar-refractivity contribution in [3.05, 3.63) is 24.3 Å². The van der Waals surface area contributed by atoms with Gasteiger partial charge in [-0.3, -0.25) is 0 Å². The standard InChI is InChI=1S/C6H8.2C3H8O/c1-2-4-6-5-3-1;2*1-2-3-4/h1-4H,5-6H2;2*4H,2-3H2,1H3. The van der Waals surface area contributed by atoms with Gasteiger partial charge in [-0.15, -0.1) is 0 Å². The van der Waals surface area contributed by atoms with E-state index in [9.17, 15) is 0 Å². The molecule has 0 aromatic carbocycles. The highest BCUT2D eigenvalue weighted by molar-refractivity contribution is 5.07. The number of aliphatic hydroxyl groups is 2.